The van der Waals surface area contributed by atoms with E-state index >= 15 is 0 Å². The van der Waals surface area contributed by atoms with Crippen LogP contribution < -0.4 is 14.8 Å². The highest BCUT2D eigenvalue weighted by atomic mass is 16.5. The van der Waals surface area contributed by atoms with Crippen molar-refractivity contribution in [1.82, 2.24) is 19.6 Å². The van der Waals surface area contributed by atoms with Crippen molar-refractivity contribution in [3.63, 3.8) is 0 Å². The molecule has 3 heterocycles. The van der Waals surface area contributed by atoms with E-state index in [0.717, 1.165) is 17.1 Å². The molecule has 0 bridgehead atoms. The minimum Gasteiger partial charge on any atom is -0.494 e. The second-order valence-electron chi connectivity index (χ2n) is 5.70. The Balaban J connectivity index is 1.48. The van der Waals surface area contributed by atoms with Gasteiger partial charge in [-0.3, -0.25) is 10.1 Å². The molecule has 0 fully saturated rings. The summed E-state index contributed by atoms with van der Waals surface area (Å²) in [4.78, 5) is 20.8. The van der Waals surface area contributed by atoms with E-state index in [1.165, 1.54) is 4.52 Å². The van der Waals surface area contributed by atoms with Crippen LogP contribution >= 0.6 is 0 Å². The fourth-order valence-electron chi connectivity index (χ4n) is 2.79. The predicted molar refractivity (Wildman–Crippen MR) is 89.7 cm³/mol. The number of rotatable bonds is 4. The smallest absolute Gasteiger partial charge is 0.253 e. The summed E-state index contributed by atoms with van der Waals surface area (Å²) in [6.45, 7) is 2.85. The number of aromatic nitrogens is 4. The molecule has 128 valence electrons. The van der Waals surface area contributed by atoms with Gasteiger partial charge < -0.3 is 9.47 Å². The Bertz CT molecular complexity index is 891. The Hall–Kier alpha value is -3.16. The number of benzene rings is 1. The SMILES string of the molecule is CCOc1ccc2c(c1)CC(C(=O)Nc1nc3ncccn3n1)CO2. The van der Waals surface area contributed by atoms with Gasteiger partial charge in [-0.2, -0.15) is 4.98 Å². The number of nitrogens with zero attached hydrogens (tertiary/aromatic N) is 4. The van der Waals surface area contributed by atoms with Crippen LogP contribution in [0.4, 0.5) is 5.95 Å². The maximum Gasteiger partial charge on any atom is 0.253 e. The average Bonchev–Trinajstić information content (AvgIpc) is 3.03. The lowest BCUT2D eigenvalue weighted by atomic mass is 9.96. The van der Waals surface area contributed by atoms with E-state index in [2.05, 4.69) is 20.4 Å². The van der Waals surface area contributed by atoms with Crippen molar-refractivity contribution in [3.8, 4) is 11.5 Å². The molecule has 1 amide bonds. The van der Waals surface area contributed by atoms with E-state index in [-0.39, 0.29) is 17.8 Å². The lowest BCUT2D eigenvalue weighted by Gasteiger charge is -2.24. The summed E-state index contributed by atoms with van der Waals surface area (Å²) in [5.41, 5.74) is 0.960. The van der Waals surface area contributed by atoms with E-state index < -0.39 is 0 Å². The molecule has 1 aliphatic rings. The molecule has 0 aliphatic carbocycles. The standard InChI is InChI=1S/C17H17N5O3/c1-2-24-13-4-5-14-11(9-13)8-12(10-25-14)15(23)19-16-20-17-18-6-3-7-22(17)21-16/h3-7,9,12H,2,8,10H2,1H3,(H,19,21,23). The molecule has 1 aromatic carbocycles. The summed E-state index contributed by atoms with van der Waals surface area (Å²) in [5, 5.41) is 6.92. The number of nitrogens with one attached hydrogen (secondary N) is 1. The molecule has 0 saturated heterocycles. The summed E-state index contributed by atoms with van der Waals surface area (Å²) in [6.07, 6.45) is 3.92. The highest BCUT2D eigenvalue weighted by molar-refractivity contribution is 5.91. The fraction of sp³-hybridized carbons (Fsp3) is 0.294. The van der Waals surface area contributed by atoms with E-state index in [4.69, 9.17) is 9.47 Å². The normalized spacial score (nSPS) is 16.1. The number of anilines is 1. The molecule has 1 unspecified atom stereocenters. The number of carbonyl (C=O) groups excluding carboxylic acids is 1. The Kier molecular flexibility index (Phi) is 3.93. The van der Waals surface area contributed by atoms with Gasteiger partial charge in [-0.1, -0.05) is 0 Å². The molecular weight excluding hydrogens is 322 g/mol. The number of ether oxygens (including phenoxy) is 2. The Morgan fingerprint density at radius 2 is 2.40 bits per heavy atom. The van der Waals surface area contributed by atoms with Gasteiger partial charge in [-0.15, -0.1) is 5.10 Å². The Morgan fingerprint density at radius 3 is 3.24 bits per heavy atom. The second-order valence-corrected chi connectivity index (χ2v) is 5.70. The quantitative estimate of drug-likeness (QED) is 0.778. The minimum atomic E-state index is -0.316. The molecule has 0 spiro atoms. The summed E-state index contributed by atoms with van der Waals surface area (Å²) >= 11 is 0. The number of hydrogen-bond acceptors (Lipinski definition) is 6. The lowest BCUT2D eigenvalue weighted by molar-refractivity contribution is -0.121. The fourth-order valence-corrected chi connectivity index (χ4v) is 2.79. The number of carbonyl (C=O) groups is 1. The molecular formula is C17H17N5O3. The maximum atomic E-state index is 12.5. The lowest BCUT2D eigenvalue weighted by Crippen LogP contribution is -2.32. The first kappa shape index (κ1) is 15.4. The van der Waals surface area contributed by atoms with Crippen molar-refractivity contribution in [3.05, 3.63) is 42.2 Å². The van der Waals surface area contributed by atoms with Gasteiger partial charge in [0.05, 0.1) is 12.5 Å². The molecule has 8 nitrogen and oxygen atoms in total. The number of hydrogen-bond donors (Lipinski definition) is 1. The van der Waals surface area contributed by atoms with Crippen molar-refractivity contribution in [2.75, 3.05) is 18.5 Å². The molecule has 0 saturated carbocycles. The van der Waals surface area contributed by atoms with Gasteiger partial charge in [0.1, 0.15) is 18.1 Å². The van der Waals surface area contributed by atoms with Crippen LogP contribution in [0.15, 0.2) is 36.7 Å². The van der Waals surface area contributed by atoms with Gasteiger partial charge in [0.15, 0.2) is 0 Å². The Labute approximate surface area is 143 Å². The molecule has 0 radical (unpaired) electrons. The van der Waals surface area contributed by atoms with Crippen molar-refractivity contribution in [2.24, 2.45) is 5.92 Å². The minimum absolute atomic E-state index is 0.177. The van der Waals surface area contributed by atoms with Crippen molar-refractivity contribution in [1.29, 1.82) is 0 Å². The summed E-state index contributed by atoms with van der Waals surface area (Å²) in [6, 6.07) is 7.42. The average molecular weight is 339 g/mol. The van der Waals surface area contributed by atoms with E-state index in [1.54, 1.807) is 18.5 Å². The van der Waals surface area contributed by atoms with Crippen LogP contribution in [-0.4, -0.2) is 38.7 Å². The summed E-state index contributed by atoms with van der Waals surface area (Å²) < 4.78 is 12.7. The van der Waals surface area contributed by atoms with Crippen LogP contribution in [0.2, 0.25) is 0 Å². The molecule has 4 rings (SSSR count). The largest absolute Gasteiger partial charge is 0.494 e. The van der Waals surface area contributed by atoms with Gasteiger partial charge in [-0.05, 0) is 43.2 Å². The zero-order valence-corrected chi connectivity index (χ0v) is 13.7. The molecule has 3 aromatic rings. The summed E-state index contributed by atoms with van der Waals surface area (Å²) in [5.74, 6) is 1.75. The van der Waals surface area contributed by atoms with Gasteiger partial charge in [0.25, 0.3) is 11.7 Å². The van der Waals surface area contributed by atoms with Crippen molar-refractivity contribution in [2.45, 2.75) is 13.3 Å². The van der Waals surface area contributed by atoms with Crippen molar-refractivity contribution >= 4 is 17.6 Å². The Morgan fingerprint density at radius 1 is 1.48 bits per heavy atom. The van der Waals surface area contributed by atoms with Gasteiger partial charge in [-0.25, -0.2) is 9.50 Å². The first-order chi connectivity index (χ1) is 12.2. The highest BCUT2D eigenvalue weighted by Crippen LogP contribution is 2.31. The predicted octanol–water partition coefficient (Wildman–Crippen LogP) is 1.71. The van der Waals surface area contributed by atoms with Gasteiger partial charge >= 0.3 is 0 Å². The van der Waals surface area contributed by atoms with Crippen LogP contribution in [-0.2, 0) is 11.2 Å². The van der Waals surface area contributed by atoms with E-state index in [9.17, 15) is 4.79 Å². The van der Waals surface area contributed by atoms with Gasteiger partial charge in [0.2, 0.25) is 5.91 Å². The van der Waals surface area contributed by atoms with Crippen LogP contribution in [0.3, 0.4) is 0 Å². The second kappa shape index (κ2) is 6.39. The number of fused-ring (bicyclic) bond motifs is 2. The topological polar surface area (TPSA) is 90.6 Å². The molecule has 1 aliphatic heterocycles. The van der Waals surface area contributed by atoms with Crippen LogP contribution in [0.25, 0.3) is 5.78 Å². The molecule has 1 N–H and O–H groups in total. The maximum absolute atomic E-state index is 12.5. The monoisotopic (exact) mass is 339 g/mol. The van der Waals surface area contributed by atoms with Crippen LogP contribution in [0.5, 0.6) is 11.5 Å². The van der Waals surface area contributed by atoms with E-state index in [0.29, 0.717) is 25.4 Å². The number of amides is 1. The van der Waals surface area contributed by atoms with E-state index in [1.807, 2.05) is 25.1 Å². The zero-order chi connectivity index (χ0) is 17.2. The third-order valence-electron chi connectivity index (χ3n) is 3.97. The molecule has 1 atom stereocenters. The van der Waals surface area contributed by atoms with Crippen LogP contribution in [0.1, 0.15) is 12.5 Å². The zero-order valence-electron chi connectivity index (χ0n) is 13.7. The van der Waals surface area contributed by atoms with Gasteiger partial charge in [0, 0.05) is 12.4 Å². The highest BCUT2D eigenvalue weighted by Gasteiger charge is 2.27. The van der Waals surface area contributed by atoms with Crippen molar-refractivity contribution < 1.29 is 14.3 Å². The summed E-state index contributed by atoms with van der Waals surface area (Å²) in [7, 11) is 0. The molecule has 2 aromatic heterocycles. The first-order valence-corrected chi connectivity index (χ1v) is 8.09. The first-order valence-electron chi connectivity index (χ1n) is 8.09. The molecule has 25 heavy (non-hydrogen) atoms. The third-order valence-corrected chi connectivity index (χ3v) is 3.97. The third kappa shape index (κ3) is 3.10. The molecule has 8 heteroatoms. The van der Waals surface area contributed by atoms with Crippen LogP contribution in [0, 0.1) is 5.92 Å².